The molecule has 0 aliphatic heterocycles. The molecule has 9 heteroatoms. The summed E-state index contributed by atoms with van der Waals surface area (Å²) in [7, 11) is 0. The van der Waals surface area contributed by atoms with Crippen molar-refractivity contribution in [2.24, 2.45) is 0 Å². The predicted octanol–water partition coefficient (Wildman–Crippen LogP) is 6.21. The van der Waals surface area contributed by atoms with Crippen molar-refractivity contribution in [2.45, 2.75) is 0 Å². The Bertz CT molecular complexity index is 1250. The molecule has 0 unspecified atom stereocenters. The van der Waals surface area contributed by atoms with Gasteiger partial charge in [-0.3, -0.25) is 9.59 Å². The van der Waals surface area contributed by atoms with Crippen molar-refractivity contribution < 1.29 is 14.3 Å². The van der Waals surface area contributed by atoms with Gasteiger partial charge < -0.3 is 15.4 Å². The van der Waals surface area contributed by atoms with Gasteiger partial charge in [-0.25, -0.2) is 0 Å². The minimum atomic E-state index is -0.633. The second kappa shape index (κ2) is 11.4. The highest BCUT2D eigenvalue weighted by atomic mass is 35.5. The number of carbonyl (C=O) groups excluding carboxylic acids is 2. The largest absolute Gasteiger partial charge is 0.483 e. The quantitative estimate of drug-likeness (QED) is 0.298. The first-order valence-corrected chi connectivity index (χ1v) is 10.6. The Kier molecular flexibility index (Phi) is 8.34. The summed E-state index contributed by atoms with van der Waals surface area (Å²) in [6.07, 6.45) is 1.33. The van der Waals surface area contributed by atoms with E-state index in [1.54, 1.807) is 60.7 Å². The number of nitrogens with zero attached hydrogens (tertiary/aromatic N) is 1. The van der Waals surface area contributed by atoms with Gasteiger partial charge in [0, 0.05) is 32.0 Å². The molecule has 6 nitrogen and oxygen atoms in total. The van der Waals surface area contributed by atoms with Crippen LogP contribution in [0.3, 0.4) is 0 Å². The van der Waals surface area contributed by atoms with Crippen LogP contribution >= 0.6 is 34.8 Å². The van der Waals surface area contributed by atoms with Crippen molar-refractivity contribution >= 4 is 64.1 Å². The Hall–Kier alpha value is -3.50. The lowest BCUT2D eigenvalue weighted by molar-refractivity contribution is -0.118. The van der Waals surface area contributed by atoms with E-state index >= 15 is 0 Å². The molecule has 0 aliphatic carbocycles. The maximum absolute atomic E-state index is 12.6. The van der Waals surface area contributed by atoms with E-state index in [1.807, 2.05) is 6.07 Å². The number of hydrogen-bond donors (Lipinski definition) is 2. The summed E-state index contributed by atoms with van der Waals surface area (Å²) in [5, 5.41) is 16.1. The fourth-order valence-electron chi connectivity index (χ4n) is 2.71. The second-order valence-electron chi connectivity index (χ2n) is 6.66. The van der Waals surface area contributed by atoms with Gasteiger partial charge in [-0.05, 0) is 66.7 Å². The van der Waals surface area contributed by atoms with Gasteiger partial charge >= 0.3 is 0 Å². The Morgan fingerprint density at radius 1 is 0.879 bits per heavy atom. The lowest BCUT2D eigenvalue weighted by atomic mass is 10.1. The molecule has 2 amide bonds. The lowest BCUT2D eigenvalue weighted by Crippen LogP contribution is -2.20. The zero-order chi connectivity index (χ0) is 23.8. The summed E-state index contributed by atoms with van der Waals surface area (Å²) in [6.45, 7) is -0.304. The molecule has 3 aromatic rings. The van der Waals surface area contributed by atoms with E-state index in [4.69, 9.17) is 39.5 Å². The summed E-state index contributed by atoms with van der Waals surface area (Å²) in [6, 6.07) is 19.7. The lowest BCUT2D eigenvalue weighted by Gasteiger charge is -2.11. The van der Waals surface area contributed by atoms with E-state index in [0.29, 0.717) is 32.0 Å². The number of amides is 2. The van der Waals surface area contributed by atoms with E-state index in [-0.39, 0.29) is 17.9 Å². The minimum Gasteiger partial charge on any atom is -0.483 e. The van der Waals surface area contributed by atoms with Crippen LogP contribution in [0.4, 0.5) is 11.4 Å². The Morgan fingerprint density at radius 3 is 2.27 bits per heavy atom. The molecule has 0 spiro atoms. The fourth-order valence-corrected chi connectivity index (χ4v) is 3.20. The number of halogens is 3. The molecule has 0 aliphatic rings. The van der Waals surface area contributed by atoms with E-state index in [0.717, 1.165) is 0 Å². The topological polar surface area (TPSA) is 91.2 Å². The molecule has 0 fully saturated rings. The molecule has 166 valence electrons. The zero-order valence-corrected chi connectivity index (χ0v) is 19.2. The number of ether oxygens (including phenoxy) is 1. The van der Waals surface area contributed by atoms with Crippen LogP contribution in [0.25, 0.3) is 6.08 Å². The van der Waals surface area contributed by atoms with E-state index in [1.165, 1.54) is 12.1 Å². The number of benzene rings is 3. The predicted molar refractivity (Wildman–Crippen MR) is 131 cm³/mol. The smallest absolute Gasteiger partial charge is 0.266 e. The minimum absolute atomic E-state index is 0.187. The molecule has 0 saturated heterocycles. The fraction of sp³-hybridized carbons (Fsp3) is 0.0417. The molecule has 0 saturated carbocycles. The normalized spacial score (nSPS) is 10.8. The molecule has 0 aromatic heterocycles. The first-order chi connectivity index (χ1) is 15.8. The third-order valence-corrected chi connectivity index (χ3v) is 4.93. The van der Waals surface area contributed by atoms with Crippen LogP contribution in [-0.4, -0.2) is 18.4 Å². The summed E-state index contributed by atoms with van der Waals surface area (Å²) in [5.41, 5.74) is 1.18. The highest BCUT2D eigenvalue weighted by molar-refractivity contribution is 6.31. The van der Waals surface area contributed by atoms with Gasteiger partial charge in [0.05, 0.1) is 0 Å². The van der Waals surface area contributed by atoms with E-state index in [2.05, 4.69) is 10.6 Å². The highest BCUT2D eigenvalue weighted by Crippen LogP contribution is 2.26. The molecule has 3 rings (SSSR count). The van der Waals surface area contributed by atoms with Crippen LogP contribution in [-0.2, 0) is 9.59 Å². The number of nitriles is 1. The molecule has 33 heavy (non-hydrogen) atoms. The van der Waals surface area contributed by atoms with E-state index in [9.17, 15) is 14.9 Å². The van der Waals surface area contributed by atoms with Crippen molar-refractivity contribution in [1.29, 1.82) is 5.26 Å². The average Bonchev–Trinajstić information content (AvgIpc) is 2.78. The molecular formula is C24H16Cl3N3O3. The van der Waals surface area contributed by atoms with Crippen LogP contribution in [0.1, 0.15) is 5.56 Å². The maximum Gasteiger partial charge on any atom is 0.266 e. The highest BCUT2D eigenvalue weighted by Gasteiger charge is 2.13. The van der Waals surface area contributed by atoms with Crippen LogP contribution in [0.15, 0.2) is 72.3 Å². The van der Waals surface area contributed by atoms with Gasteiger partial charge in [0.2, 0.25) is 0 Å². The van der Waals surface area contributed by atoms with Gasteiger partial charge in [-0.2, -0.15) is 5.26 Å². The first kappa shape index (κ1) is 24.1. The van der Waals surface area contributed by atoms with Crippen LogP contribution in [0.5, 0.6) is 5.75 Å². The average molecular weight is 501 g/mol. The molecule has 0 heterocycles. The van der Waals surface area contributed by atoms with E-state index < -0.39 is 11.8 Å². The standard InChI is InChI=1S/C24H16Cl3N3O3/c25-17-4-7-20(8-5-17)29-23(31)14-33-22-9-6-19(27)11-15(22)10-16(13-28)24(32)30-21-3-1-2-18(26)12-21/h1-12H,14H2,(H,29,31)(H,30,32)/b16-10+. The van der Waals surface area contributed by atoms with Crippen molar-refractivity contribution in [3.05, 3.63) is 92.9 Å². The van der Waals surface area contributed by atoms with Crippen molar-refractivity contribution in [1.82, 2.24) is 0 Å². The number of nitrogens with one attached hydrogen (secondary N) is 2. The molecular weight excluding hydrogens is 485 g/mol. The van der Waals surface area contributed by atoms with Crippen LogP contribution in [0, 0.1) is 11.3 Å². The molecule has 0 atom stereocenters. The number of hydrogen-bond acceptors (Lipinski definition) is 4. The van der Waals surface area contributed by atoms with Crippen molar-refractivity contribution in [3.8, 4) is 11.8 Å². The second-order valence-corrected chi connectivity index (χ2v) is 7.97. The van der Waals surface area contributed by atoms with Crippen LogP contribution in [0.2, 0.25) is 15.1 Å². The summed E-state index contributed by atoms with van der Waals surface area (Å²) < 4.78 is 5.61. The molecule has 2 N–H and O–H groups in total. The molecule has 0 radical (unpaired) electrons. The number of carbonyl (C=O) groups is 2. The third kappa shape index (κ3) is 7.26. The molecule has 3 aromatic carbocycles. The van der Waals surface area contributed by atoms with Gasteiger partial charge in [0.1, 0.15) is 17.4 Å². The van der Waals surface area contributed by atoms with Crippen LogP contribution < -0.4 is 15.4 Å². The monoisotopic (exact) mass is 499 g/mol. The van der Waals surface area contributed by atoms with Gasteiger partial charge in [-0.1, -0.05) is 40.9 Å². The first-order valence-electron chi connectivity index (χ1n) is 9.50. The Labute approximate surface area is 205 Å². The SMILES string of the molecule is N#C/C(=C\c1cc(Cl)ccc1OCC(=O)Nc1ccc(Cl)cc1)C(=O)Nc1cccc(Cl)c1. The van der Waals surface area contributed by atoms with Gasteiger partial charge in [0.25, 0.3) is 11.8 Å². The van der Waals surface area contributed by atoms with Crippen molar-refractivity contribution in [2.75, 3.05) is 17.2 Å². The third-order valence-electron chi connectivity index (χ3n) is 4.21. The zero-order valence-electron chi connectivity index (χ0n) is 16.9. The maximum atomic E-state index is 12.6. The molecule has 0 bridgehead atoms. The Morgan fingerprint density at radius 2 is 1.58 bits per heavy atom. The Balaban J connectivity index is 1.74. The summed E-state index contributed by atoms with van der Waals surface area (Å²) in [5.74, 6) is -0.762. The summed E-state index contributed by atoms with van der Waals surface area (Å²) >= 11 is 17.8. The van der Waals surface area contributed by atoms with Gasteiger partial charge in [-0.15, -0.1) is 0 Å². The number of rotatable bonds is 7. The van der Waals surface area contributed by atoms with Crippen molar-refractivity contribution in [3.63, 3.8) is 0 Å². The number of anilines is 2. The van der Waals surface area contributed by atoms with Gasteiger partial charge in [0.15, 0.2) is 6.61 Å². The summed E-state index contributed by atoms with van der Waals surface area (Å²) in [4.78, 5) is 24.8.